The minimum Gasteiger partial charge on any atom is -0.393 e. The second kappa shape index (κ2) is 7.75. The average Bonchev–Trinajstić information content (AvgIpc) is 2.56. The highest BCUT2D eigenvalue weighted by atomic mass is 16.3. The van der Waals surface area contributed by atoms with Crippen LogP contribution in [0, 0.1) is 0 Å². The summed E-state index contributed by atoms with van der Waals surface area (Å²) in [7, 11) is 0. The van der Waals surface area contributed by atoms with Crippen LogP contribution >= 0.6 is 0 Å². The Morgan fingerprint density at radius 2 is 1.96 bits per heavy atom. The van der Waals surface area contributed by atoms with Gasteiger partial charge in [0.2, 0.25) is 5.95 Å². The van der Waals surface area contributed by atoms with E-state index in [1.165, 1.54) is 6.20 Å². The summed E-state index contributed by atoms with van der Waals surface area (Å²) in [4.78, 5) is 20.4. The molecule has 1 unspecified atom stereocenters. The lowest BCUT2D eigenvalue weighted by molar-refractivity contribution is 0.0182. The second-order valence-electron chi connectivity index (χ2n) is 7.90. The number of nitrogens with one attached hydrogen (secondary N) is 2. The molecule has 8 nitrogen and oxygen atoms in total. The lowest BCUT2D eigenvalue weighted by Gasteiger charge is -2.34. The molecule has 2 fully saturated rings. The zero-order chi connectivity index (χ0) is 18.7. The Balaban J connectivity index is 1.73. The van der Waals surface area contributed by atoms with Gasteiger partial charge in [-0.2, -0.15) is 4.98 Å². The van der Waals surface area contributed by atoms with Crippen LogP contribution in [0.4, 0.5) is 11.8 Å². The van der Waals surface area contributed by atoms with Crippen molar-refractivity contribution in [3.8, 4) is 0 Å². The van der Waals surface area contributed by atoms with Gasteiger partial charge in [0, 0.05) is 18.3 Å². The van der Waals surface area contributed by atoms with Crippen LogP contribution in [0.1, 0.15) is 68.6 Å². The minimum absolute atomic E-state index is 0.0319. The number of carbonyl (C=O) groups excluding carboxylic acids is 1. The lowest BCUT2D eigenvalue weighted by Crippen LogP contribution is -2.38. The fourth-order valence-electron chi connectivity index (χ4n) is 3.93. The van der Waals surface area contributed by atoms with Crippen LogP contribution in [0.25, 0.3) is 0 Å². The number of amides is 1. The van der Waals surface area contributed by atoms with E-state index >= 15 is 0 Å². The number of aliphatic hydroxyl groups is 2. The number of carbonyl (C=O) groups is 1. The van der Waals surface area contributed by atoms with E-state index in [0.29, 0.717) is 18.2 Å². The fraction of sp³-hybridized carbons (Fsp3) is 0.722. The summed E-state index contributed by atoms with van der Waals surface area (Å²) in [5.74, 6) is 0.275. The number of anilines is 2. The molecule has 144 valence electrons. The van der Waals surface area contributed by atoms with E-state index in [0.717, 1.165) is 44.9 Å². The van der Waals surface area contributed by atoms with Crippen molar-refractivity contribution in [2.45, 2.75) is 82.1 Å². The molecule has 1 amide bonds. The number of nitrogens with two attached hydrogens (primary N) is 1. The van der Waals surface area contributed by atoms with Crippen molar-refractivity contribution in [1.29, 1.82) is 0 Å². The van der Waals surface area contributed by atoms with Gasteiger partial charge in [-0.1, -0.05) is 0 Å². The highest BCUT2D eigenvalue weighted by Gasteiger charge is 2.31. The van der Waals surface area contributed by atoms with Crippen LogP contribution in [0.2, 0.25) is 0 Å². The van der Waals surface area contributed by atoms with Crippen LogP contribution in [-0.4, -0.2) is 49.9 Å². The van der Waals surface area contributed by atoms with Crippen LogP contribution in [-0.2, 0) is 0 Å². The normalized spacial score (nSPS) is 32.0. The molecule has 0 bridgehead atoms. The summed E-state index contributed by atoms with van der Waals surface area (Å²) in [6.45, 7) is 1.83. The molecule has 0 saturated heterocycles. The third-order valence-electron chi connectivity index (χ3n) is 5.38. The second-order valence-corrected chi connectivity index (χ2v) is 7.90. The molecule has 0 spiro atoms. The van der Waals surface area contributed by atoms with Crippen molar-refractivity contribution in [1.82, 2.24) is 9.97 Å². The molecule has 3 rings (SSSR count). The molecular formula is C18H29N5O3. The van der Waals surface area contributed by atoms with Gasteiger partial charge in [-0.05, 0) is 58.3 Å². The van der Waals surface area contributed by atoms with Crippen LogP contribution in [0.15, 0.2) is 6.20 Å². The Kier molecular flexibility index (Phi) is 5.62. The Bertz CT molecular complexity index is 644. The summed E-state index contributed by atoms with van der Waals surface area (Å²) in [6, 6.07) is 0.241. The number of hydrogen-bond donors (Lipinski definition) is 5. The Hall–Kier alpha value is -1.93. The Labute approximate surface area is 153 Å². The molecule has 1 aromatic heterocycles. The van der Waals surface area contributed by atoms with Crippen LogP contribution in [0.5, 0.6) is 0 Å². The number of rotatable bonds is 5. The molecule has 0 aromatic carbocycles. The van der Waals surface area contributed by atoms with Crippen LogP contribution in [0.3, 0.4) is 0 Å². The fourth-order valence-corrected chi connectivity index (χ4v) is 3.93. The largest absolute Gasteiger partial charge is 0.393 e. The predicted molar refractivity (Wildman–Crippen MR) is 98.9 cm³/mol. The van der Waals surface area contributed by atoms with Gasteiger partial charge in [0.25, 0.3) is 5.91 Å². The van der Waals surface area contributed by atoms with E-state index in [2.05, 4.69) is 20.6 Å². The zero-order valence-corrected chi connectivity index (χ0v) is 15.2. The zero-order valence-electron chi connectivity index (χ0n) is 15.2. The van der Waals surface area contributed by atoms with Gasteiger partial charge < -0.3 is 26.6 Å². The molecule has 0 radical (unpaired) electrons. The standard InChI is InChI=1S/C18H29N5O3/c1-18(26)8-2-3-12(9-18)21-16-14(15(19)25)10-20-17(23-16)22-11-4-6-13(24)7-5-11/h10-13,24,26H,2-9H2,1H3,(H2,19,25)(H2,20,21,22,23)/t11-,12-,13-,18?/m1/s1. The summed E-state index contributed by atoms with van der Waals surface area (Å²) >= 11 is 0. The van der Waals surface area contributed by atoms with Crippen LogP contribution < -0.4 is 16.4 Å². The van der Waals surface area contributed by atoms with Gasteiger partial charge in [0.1, 0.15) is 5.82 Å². The van der Waals surface area contributed by atoms with E-state index < -0.39 is 11.5 Å². The van der Waals surface area contributed by atoms with Crippen molar-refractivity contribution in [2.24, 2.45) is 5.73 Å². The third kappa shape index (κ3) is 4.82. The molecule has 6 N–H and O–H groups in total. The maximum atomic E-state index is 11.7. The number of hydrogen-bond acceptors (Lipinski definition) is 7. The van der Waals surface area contributed by atoms with Crippen molar-refractivity contribution in [3.63, 3.8) is 0 Å². The maximum absolute atomic E-state index is 11.7. The first-order valence-corrected chi connectivity index (χ1v) is 9.43. The molecule has 2 aliphatic carbocycles. The predicted octanol–water partition coefficient (Wildman–Crippen LogP) is 1.40. The monoisotopic (exact) mass is 363 g/mol. The summed E-state index contributed by atoms with van der Waals surface area (Å²) in [5, 5.41) is 26.5. The molecule has 1 heterocycles. The van der Waals surface area contributed by atoms with E-state index in [4.69, 9.17) is 5.73 Å². The van der Waals surface area contributed by atoms with Gasteiger partial charge in [-0.3, -0.25) is 4.79 Å². The van der Waals surface area contributed by atoms with Gasteiger partial charge >= 0.3 is 0 Å². The number of nitrogens with zero attached hydrogens (tertiary/aromatic N) is 2. The third-order valence-corrected chi connectivity index (χ3v) is 5.38. The van der Waals surface area contributed by atoms with Crippen molar-refractivity contribution < 1.29 is 15.0 Å². The highest BCUT2D eigenvalue weighted by Crippen LogP contribution is 2.30. The molecule has 0 aliphatic heterocycles. The summed E-state index contributed by atoms with van der Waals surface area (Å²) in [6.07, 6.45) is 7.65. The first-order chi connectivity index (χ1) is 12.3. The molecular weight excluding hydrogens is 334 g/mol. The minimum atomic E-state index is -0.708. The van der Waals surface area contributed by atoms with E-state index in [1.807, 2.05) is 6.92 Å². The van der Waals surface area contributed by atoms with E-state index in [9.17, 15) is 15.0 Å². The van der Waals surface area contributed by atoms with Crippen molar-refractivity contribution in [3.05, 3.63) is 11.8 Å². The Morgan fingerprint density at radius 3 is 2.62 bits per heavy atom. The molecule has 2 atom stereocenters. The number of primary amides is 1. The average molecular weight is 363 g/mol. The lowest BCUT2D eigenvalue weighted by atomic mass is 9.83. The molecule has 26 heavy (non-hydrogen) atoms. The first kappa shape index (κ1) is 18.8. The molecule has 1 aromatic rings. The van der Waals surface area contributed by atoms with Gasteiger partial charge in [-0.15, -0.1) is 0 Å². The smallest absolute Gasteiger partial charge is 0.254 e. The van der Waals surface area contributed by atoms with Gasteiger partial charge in [-0.25, -0.2) is 4.98 Å². The van der Waals surface area contributed by atoms with Gasteiger partial charge in [0.05, 0.1) is 17.3 Å². The first-order valence-electron chi connectivity index (χ1n) is 9.43. The molecule has 2 aliphatic rings. The topological polar surface area (TPSA) is 133 Å². The van der Waals surface area contributed by atoms with E-state index in [1.54, 1.807) is 0 Å². The molecule has 8 heteroatoms. The van der Waals surface area contributed by atoms with Crippen molar-refractivity contribution >= 4 is 17.7 Å². The van der Waals surface area contributed by atoms with Gasteiger partial charge in [0.15, 0.2) is 0 Å². The maximum Gasteiger partial charge on any atom is 0.254 e. The highest BCUT2D eigenvalue weighted by molar-refractivity contribution is 5.97. The SMILES string of the molecule is CC1(O)CCC[C@@H](Nc2nc(N[C@H]3CC[C@H](O)CC3)ncc2C(N)=O)C1. The number of aliphatic hydroxyl groups excluding tert-OH is 1. The summed E-state index contributed by atoms with van der Waals surface area (Å²) < 4.78 is 0. The summed E-state index contributed by atoms with van der Waals surface area (Å²) in [5.41, 5.74) is 5.01. The molecule has 2 saturated carbocycles. The number of aromatic nitrogens is 2. The van der Waals surface area contributed by atoms with E-state index in [-0.39, 0.29) is 23.8 Å². The van der Waals surface area contributed by atoms with Crippen molar-refractivity contribution in [2.75, 3.05) is 10.6 Å². The Morgan fingerprint density at radius 1 is 1.23 bits per heavy atom. The quantitative estimate of drug-likeness (QED) is 0.534.